The van der Waals surface area contributed by atoms with Gasteiger partial charge in [0.1, 0.15) is 30.8 Å². The number of carbonyl (C=O) groups excluding carboxylic acids is 1. The summed E-state index contributed by atoms with van der Waals surface area (Å²) < 4.78 is 26.5. The summed E-state index contributed by atoms with van der Waals surface area (Å²) >= 11 is 0. The molecule has 0 bridgehead atoms. The van der Waals surface area contributed by atoms with Crippen molar-refractivity contribution >= 4 is 5.91 Å². The second-order valence-electron chi connectivity index (χ2n) is 7.87. The van der Waals surface area contributed by atoms with E-state index in [1.807, 2.05) is 30.3 Å². The molecule has 9 heteroatoms. The van der Waals surface area contributed by atoms with Crippen molar-refractivity contribution < 1.29 is 18.4 Å². The fraction of sp³-hybridized carbons (Fsp3) is 0.250. The number of hydrogen-bond acceptors (Lipinski definition) is 6. The molecule has 8 nitrogen and oxygen atoms in total. The predicted molar refractivity (Wildman–Crippen MR) is 116 cm³/mol. The van der Waals surface area contributed by atoms with E-state index < -0.39 is 0 Å². The Balaban J connectivity index is 1.24. The first kappa shape index (κ1) is 20.9. The summed E-state index contributed by atoms with van der Waals surface area (Å²) in [5, 5.41) is 8.04. The molecule has 0 unspecified atom stereocenters. The molecule has 1 fully saturated rings. The quantitative estimate of drug-likeness (QED) is 0.437. The number of rotatable bonds is 6. The van der Waals surface area contributed by atoms with Crippen LogP contribution in [0.2, 0.25) is 0 Å². The second-order valence-corrected chi connectivity index (χ2v) is 7.87. The van der Waals surface area contributed by atoms with Crippen LogP contribution < -0.4 is 4.74 Å². The van der Waals surface area contributed by atoms with E-state index in [1.54, 1.807) is 28.0 Å². The lowest BCUT2D eigenvalue weighted by molar-refractivity contribution is 0.0600. The van der Waals surface area contributed by atoms with Gasteiger partial charge in [-0.3, -0.25) is 4.79 Å². The van der Waals surface area contributed by atoms with Crippen molar-refractivity contribution in [3.63, 3.8) is 0 Å². The van der Waals surface area contributed by atoms with Crippen LogP contribution in [0.1, 0.15) is 47.1 Å². The lowest BCUT2D eigenvalue weighted by Gasteiger charge is -2.35. The molecule has 33 heavy (non-hydrogen) atoms. The normalized spacial score (nSPS) is 16.0. The van der Waals surface area contributed by atoms with Gasteiger partial charge in [-0.1, -0.05) is 17.3 Å². The van der Waals surface area contributed by atoms with Gasteiger partial charge in [0.2, 0.25) is 0 Å². The summed E-state index contributed by atoms with van der Waals surface area (Å²) in [4.78, 5) is 18.8. The van der Waals surface area contributed by atoms with E-state index in [1.165, 1.54) is 18.5 Å². The molecular formula is C24H22FN5O3. The fourth-order valence-corrected chi connectivity index (χ4v) is 4.06. The highest BCUT2D eigenvalue weighted by atomic mass is 19.1. The van der Waals surface area contributed by atoms with E-state index in [4.69, 9.17) is 9.26 Å². The molecule has 1 aliphatic heterocycles. The van der Waals surface area contributed by atoms with Gasteiger partial charge in [-0.05, 0) is 61.2 Å². The van der Waals surface area contributed by atoms with E-state index in [-0.39, 0.29) is 30.1 Å². The third-order valence-electron chi connectivity index (χ3n) is 5.68. The number of piperidine rings is 1. The van der Waals surface area contributed by atoms with Crippen LogP contribution in [0, 0.1) is 5.82 Å². The van der Waals surface area contributed by atoms with Crippen molar-refractivity contribution in [1.29, 1.82) is 0 Å². The number of nitrogens with zero attached hydrogens (tertiary/aromatic N) is 5. The minimum atomic E-state index is -0.305. The molecule has 2 aromatic carbocycles. The maximum absolute atomic E-state index is 13.7. The zero-order valence-electron chi connectivity index (χ0n) is 17.8. The topological polar surface area (TPSA) is 86.3 Å². The van der Waals surface area contributed by atoms with Gasteiger partial charge >= 0.3 is 0 Å². The highest BCUT2D eigenvalue weighted by Gasteiger charge is 2.30. The Morgan fingerprint density at radius 2 is 2.03 bits per heavy atom. The largest absolute Gasteiger partial charge is 0.486 e. The molecule has 4 aromatic rings. The number of aromatic nitrogens is 4. The van der Waals surface area contributed by atoms with Crippen LogP contribution in [0.3, 0.4) is 0 Å². The minimum Gasteiger partial charge on any atom is -0.486 e. The monoisotopic (exact) mass is 447 g/mol. The maximum atomic E-state index is 13.7. The Hall–Kier alpha value is -4.01. The highest BCUT2D eigenvalue weighted by molar-refractivity contribution is 5.92. The summed E-state index contributed by atoms with van der Waals surface area (Å²) in [6.07, 6.45) is 5.75. The van der Waals surface area contributed by atoms with Gasteiger partial charge in [0, 0.05) is 12.6 Å². The maximum Gasteiger partial charge on any atom is 0.276 e. The number of ether oxygens (including phenoxy) is 1. The van der Waals surface area contributed by atoms with Crippen LogP contribution >= 0.6 is 0 Å². The van der Waals surface area contributed by atoms with Gasteiger partial charge < -0.3 is 14.2 Å². The van der Waals surface area contributed by atoms with Crippen LogP contribution in [0.5, 0.6) is 5.75 Å². The molecule has 168 valence electrons. The van der Waals surface area contributed by atoms with Gasteiger partial charge in [-0.25, -0.2) is 14.1 Å². The predicted octanol–water partition coefficient (Wildman–Crippen LogP) is 4.34. The first-order valence-electron chi connectivity index (χ1n) is 10.8. The Morgan fingerprint density at radius 3 is 2.82 bits per heavy atom. The summed E-state index contributed by atoms with van der Waals surface area (Å²) in [6.45, 7) is 0.729. The lowest BCUT2D eigenvalue weighted by Crippen LogP contribution is -2.38. The first-order valence-corrected chi connectivity index (χ1v) is 10.8. The average molecular weight is 447 g/mol. The number of carbonyl (C=O) groups is 1. The molecule has 1 atom stereocenters. The highest BCUT2D eigenvalue weighted by Crippen LogP contribution is 2.32. The van der Waals surface area contributed by atoms with Gasteiger partial charge in [-0.2, -0.15) is 5.10 Å². The summed E-state index contributed by atoms with van der Waals surface area (Å²) in [7, 11) is 0. The standard InChI is InChI=1S/C24H22FN5O3/c25-18-5-3-4-17(12-18)23-6-1-2-11-29(23)24(31)22-13-21(33-28-22)14-32-20-9-7-19(8-10-20)30-16-26-15-27-30/h3-5,7-10,12-13,15-16,23H,1-2,6,11,14H2/t23-/m0/s1. The molecule has 5 rings (SSSR count). The van der Waals surface area contributed by atoms with Crippen LogP contribution in [0.15, 0.2) is 71.8 Å². The molecule has 3 heterocycles. The number of benzene rings is 2. The van der Waals surface area contributed by atoms with Crippen molar-refractivity contribution in [2.45, 2.75) is 31.9 Å². The van der Waals surface area contributed by atoms with E-state index in [2.05, 4.69) is 15.2 Å². The number of hydrogen-bond donors (Lipinski definition) is 0. The summed E-state index contributed by atoms with van der Waals surface area (Å²) in [6, 6.07) is 15.2. The van der Waals surface area contributed by atoms with E-state index >= 15 is 0 Å². The molecule has 0 radical (unpaired) electrons. The van der Waals surface area contributed by atoms with Crippen molar-refractivity contribution in [3.05, 3.63) is 90.1 Å². The molecular weight excluding hydrogens is 425 g/mol. The molecule has 0 N–H and O–H groups in total. The van der Waals surface area contributed by atoms with Crippen LogP contribution in [-0.4, -0.2) is 37.3 Å². The Bertz CT molecular complexity index is 1220. The van der Waals surface area contributed by atoms with E-state index in [0.29, 0.717) is 18.1 Å². The SMILES string of the molecule is O=C(c1cc(COc2ccc(-n3cncn3)cc2)on1)N1CCCC[C@H]1c1cccc(F)c1. The zero-order valence-corrected chi connectivity index (χ0v) is 17.8. The van der Waals surface area contributed by atoms with Crippen molar-refractivity contribution in [1.82, 2.24) is 24.8 Å². The van der Waals surface area contributed by atoms with Crippen LogP contribution in [0.25, 0.3) is 5.69 Å². The van der Waals surface area contributed by atoms with Gasteiger partial charge in [-0.15, -0.1) is 0 Å². The van der Waals surface area contributed by atoms with Gasteiger partial charge in [0.25, 0.3) is 5.91 Å². The average Bonchev–Trinajstić information content (AvgIpc) is 3.55. The third-order valence-corrected chi connectivity index (χ3v) is 5.68. The van der Waals surface area contributed by atoms with Crippen molar-refractivity contribution in [3.8, 4) is 11.4 Å². The van der Waals surface area contributed by atoms with Crippen LogP contribution in [-0.2, 0) is 6.61 Å². The number of amides is 1. The van der Waals surface area contributed by atoms with E-state index in [0.717, 1.165) is 30.5 Å². The van der Waals surface area contributed by atoms with Crippen LogP contribution in [0.4, 0.5) is 4.39 Å². The smallest absolute Gasteiger partial charge is 0.276 e. The number of halogens is 1. The molecule has 2 aromatic heterocycles. The Morgan fingerprint density at radius 1 is 1.15 bits per heavy atom. The van der Waals surface area contributed by atoms with E-state index in [9.17, 15) is 9.18 Å². The molecule has 1 amide bonds. The molecule has 0 spiro atoms. The first-order chi connectivity index (χ1) is 16.2. The summed E-state index contributed by atoms with van der Waals surface area (Å²) in [5.74, 6) is 0.556. The Kier molecular flexibility index (Phi) is 5.84. The second kappa shape index (κ2) is 9.23. The van der Waals surface area contributed by atoms with Crippen molar-refractivity contribution in [2.24, 2.45) is 0 Å². The van der Waals surface area contributed by atoms with Gasteiger partial charge in [0.15, 0.2) is 11.5 Å². The third kappa shape index (κ3) is 4.62. The van der Waals surface area contributed by atoms with Gasteiger partial charge in [0.05, 0.1) is 11.7 Å². The Labute approximate surface area is 189 Å². The minimum absolute atomic E-state index is 0.135. The number of likely N-dealkylation sites (tertiary alicyclic amines) is 1. The molecule has 1 aliphatic rings. The molecule has 0 aliphatic carbocycles. The zero-order chi connectivity index (χ0) is 22.6. The fourth-order valence-electron chi connectivity index (χ4n) is 4.06. The lowest BCUT2D eigenvalue weighted by atomic mass is 9.95. The molecule has 0 saturated carbocycles. The van der Waals surface area contributed by atoms with Crippen molar-refractivity contribution in [2.75, 3.05) is 6.54 Å². The summed E-state index contributed by atoms with van der Waals surface area (Å²) in [5.41, 5.74) is 1.88. The molecule has 1 saturated heterocycles.